The van der Waals surface area contributed by atoms with Crippen molar-refractivity contribution in [2.75, 3.05) is 13.2 Å². The molecule has 2 aliphatic rings. The molecule has 4 unspecified atom stereocenters. The maximum Gasteiger partial charge on any atom is 0.0590 e. The van der Waals surface area contributed by atoms with Gasteiger partial charge in [0.2, 0.25) is 0 Å². The molecular weight excluding hydrogens is 216 g/mol. The first-order valence-corrected chi connectivity index (χ1v) is 7.21. The Morgan fingerprint density at radius 3 is 1.53 bits per heavy atom. The fourth-order valence-electron chi connectivity index (χ4n) is 3.14. The summed E-state index contributed by atoms with van der Waals surface area (Å²) in [6.45, 7) is 1.34. The van der Waals surface area contributed by atoms with Gasteiger partial charge in [0.25, 0.3) is 0 Å². The largest absolute Gasteiger partial charge is 0.393 e. The van der Waals surface area contributed by atoms with Gasteiger partial charge in [0.1, 0.15) is 0 Å². The Hall–Kier alpha value is -0.120. The highest BCUT2D eigenvalue weighted by Crippen LogP contribution is 2.27. The fraction of sp³-hybridized carbons (Fsp3) is 1.00. The molecule has 0 aromatic heterocycles. The predicted octanol–water partition coefficient (Wildman–Crippen LogP) is 2.11. The summed E-state index contributed by atoms with van der Waals surface area (Å²) in [5, 5.41) is 19.7. The minimum atomic E-state index is -0.167. The van der Waals surface area contributed by atoms with Crippen molar-refractivity contribution < 1.29 is 14.9 Å². The number of aliphatic hydroxyl groups is 2. The van der Waals surface area contributed by atoms with E-state index in [1.165, 1.54) is 12.8 Å². The Morgan fingerprint density at radius 2 is 1.12 bits per heavy atom. The lowest BCUT2D eigenvalue weighted by atomic mass is 9.86. The second-order valence-electron chi connectivity index (χ2n) is 5.76. The average Bonchev–Trinajstić information content (AvgIpc) is 2.34. The standard InChI is InChI=1S/C14H26O3/c15-13-7-3-1-5-11(13)9-17-10-12-6-2-4-8-14(12)16/h11-16H,1-10H2. The van der Waals surface area contributed by atoms with E-state index in [9.17, 15) is 10.2 Å². The van der Waals surface area contributed by atoms with Crippen LogP contribution in [0.15, 0.2) is 0 Å². The van der Waals surface area contributed by atoms with Crippen LogP contribution in [-0.4, -0.2) is 35.6 Å². The van der Waals surface area contributed by atoms with Gasteiger partial charge in [0.15, 0.2) is 0 Å². The second-order valence-corrected chi connectivity index (χ2v) is 5.76. The van der Waals surface area contributed by atoms with Crippen LogP contribution in [0, 0.1) is 11.8 Å². The summed E-state index contributed by atoms with van der Waals surface area (Å²) >= 11 is 0. The maximum atomic E-state index is 9.83. The van der Waals surface area contributed by atoms with Crippen LogP contribution in [0.2, 0.25) is 0 Å². The van der Waals surface area contributed by atoms with Crippen molar-refractivity contribution >= 4 is 0 Å². The van der Waals surface area contributed by atoms with Crippen LogP contribution in [0.1, 0.15) is 51.4 Å². The molecule has 0 amide bonds. The molecule has 2 rings (SSSR count). The Balaban J connectivity index is 1.64. The lowest BCUT2D eigenvalue weighted by molar-refractivity contribution is -0.0325. The van der Waals surface area contributed by atoms with Gasteiger partial charge in [0, 0.05) is 11.8 Å². The number of ether oxygens (including phenoxy) is 1. The lowest BCUT2D eigenvalue weighted by Crippen LogP contribution is -2.32. The highest BCUT2D eigenvalue weighted by atomic mass is 16.5. The van der Waals surface area contributed by atoms with Crippen LogP contribution in [0.5, 0.6) is 0 Å². The quantitative estimate of drug-likeness (QED) is 0.794. The highest BCUT2D eigenvalue weighted by molar-refractivity contribution is 4.76. The molecule has 0 spiro atoms. The molecule has 100 valence electrons. The van der Waals surface area contributed by atoms with Crippen LogP contribution in [0.25, 0.3) is 0 Å². The van der Waals surface area contributed by atoms with E-state index in [0.717, 1.165) is 38.5 Å². The van der Waals surface area contributed by atoms with E-state index in [0.29, 0.717) is 25.0 Å². The van der Waals surface area contributed by atoms with E-state index in [1.54, 1.807) is 0 Å². The summed E-state index contributed by atoms with van der Waals surface area (Å²) in [5.41, 5.74) is 0. The summed E-state index contributed by atoms with van der Waals surface area (Å²) in [5.74, 6) is 0.647. The third kappa shape index (κ3) is 3.94. The summed E-state index contributed by atoms with van der Waals surface area (Å²) in [6, 6.07) is 0. The average molecular weight is 242 g/mol. The zero-order valence-electron chi connectivity index (χ0n) is 10.7. The van der Waals surface area contributed by atoms with Gasteiger partial charge in [-0.3, -0.25) is 0 Å². The molecule has 2 N–H and O–H groups in total. The SMILES string of the molecule is OC1CCCCC1COCC1CCCCC1O. The smallest absolute Gasteiger partial charge is 0.0590 e. The molecule has 0 bridgehead atoms. The molecule has 0 saturated heterocycles. The Kier molecular flexibility index (Phi) is 5.26. The molecule has 0 aromatic carbocycles. The Labute approximate surface area is 104 Å². The van der Waals surface area contributed by atoms with Gasteiger partial charge in [0.05, 0.1) is 25.4 Å². The van der Waals surface area contributed by atoms with Gasteiger partial charge in [-0.15, -0.1) is 0 Å². The molecule has 3 nitrogen and oxygen atoms in total. The Morgan fingerprint density at radius 1 is 0.706 bits per heavy atom. The van der Waals surface area contributed by atoms with Crippen molar-refractivity contribution in [3.63, 3.8) is 0 Å². The summed E-state index contributed by atoms with van der Waals surface area (Å²) in [6.07, 6.45) is 8.45. The normalized spacial score (nSPS) is 39.2. The van der Waals surface area contributed by atoms with E-state index >= 15 is 0 Å². The Bertz CT molecular complexity index is 198. The third-order valence-corrected chi connectivity index (χ3v) is 4.40. The topological polar surface area (TPSA) is 49.7 Å². The molecule has 0 heterocycles. The second kappa shape index (κ2) is 6.72. The van der Waals surface area contributed by atoms with E-state index in [1.807, 2.05) is 0 Å². The monoisotopic (exact) mass is 242 g/mol. The first-order chi connectivity index (χ1) is 8.27. The van der Waals surface area contributed by atoms with Gasteiger partial charge in [-0.2, -0.15) is 0 Å². The van der Waals surface area contributed by atoms with E-state index < -0.39 is 0 Å². The van der Waals surface area contributed by atoms with Crippen LogP contribution < -0.4 is 0 Å². The number of rotatable bonds is 4. The number of aliphatic hydroxyl groups excluding tert-OH is 2. The first-order valence-electron chi connectivity index (χ1n) is 7.21. The van der Waals surface area contributed by atoms with Crippen molar-refractivity contribution in [3.05, 3.63) is 0 Å². The van der Waals surface area contributed by atoms with Crippen molar-refractivity contribution in [1.82, 2.24) is 0 Å². The van der Waals surface area contributed by atoms with Crippen LogP contribution in [-0.2, 0) is 4.74 Å². The molecular formula is C14H26O3. The minimum Gasteiger partial charge on any atom is -0.393 e. The lowest BCUT2D eigenvalue weighted by Gasteiger charge is -2.30. The fourth-order valence-corrected chi connectivity index (χ4v) is 3.14. The van der Waals surface area contributed by atoms with Crippen LogP contribution in [0.3, 0.4) is 0 Å². The molecule has 0 aliphatic heterocycles. The predicted molar refractivity (Wildman–Crippen MR) is 66.7 cm³/mol. The molecule has 0 aromatic rings. The first kappa shape index (κ1) is 13.3. The van der Waals surface area contributed by atoms with Gasteiger partial charge in [-0.1, -0.05) is 25.7 Å². The van der Waals surface area contributed by atoms with Gasteiger partial charge in [-0.05, 0) is 25.7 Å². The molecule has 2 saturated carbocycles. The van der Waals surface area contributed by atoms with E-state index in [4.69, 9.17) is 4.74 Å². The third-order valence-electron chi connectivity index (χ3n) is 4.40. The highest BCUT2D eigenvalue weighted by Gasteiger charge is 2.26. The number of hydrogen-bond acceptors (Lipinski definition) is 3. The van der Waals surface area contributed by atoms with Gasteiger partial charge < -0.3 is 14.9 Å². The summed E-state index contributed by atoms with van der Waals surface area (Å²) in [4.78, 5) is 0. The van der Waals surface area contributed by atoms with Gasteiger partial charge in [-0.25, -0.2) is 0 Å². The zero-order valence-corrected chi connectivity index (χ0v) is 10.7. The van der Waals surface area contributed by atoms with Crippen LogP contribution >= 0.6 is 0 Å². The van der Waals surface area contributed by atoms with Crippen LogP contribution in [0.4, 0.5) is 0 Å². The minimum absolute atomic E-state index is 0.167. The zero-order chi connectivity index (χ0) is 12.1. The van der Waals surface area contributed by atoms with Crippen molar-refractivity contribution in [1.29, 1.82) is 0 Å². The molecule has 4 atom stereocenters. The molecule has 2 fully saturated rings. The number of hydrogen-bond donors (Lipinski definition) is 2. The maximum absolute atomic E-state index is 9.83. The van der Waals surface area contributed by atoms with Crippen molar-refractivity contribution in [3.8, 4) is 0 Å². The van der Waals surface area contributed by atoms with Crippen molar-refractivity contribution in [2.24, 2.45) is 11.8 Å². The summed E-state index contributed by atoms with van der Waals surface area (Å²) in [7, 11) is 0. The molecule has 3 heteroatoms. The molecule has 0 radical (unpaired) electrons. The molecule has 2 aliphatic carbocycles. The van der Waals surface area contributed by atoms with E-state index in [-0.39, 0.29) is 12.2 Å². The molecule has 17 heavy (non-hydrogen) atoms. The summed E-state index contributed by atoms with van der Waals surface area (Å²) < 4.78 is 5.73. The van der Waals surface area contributed by atoms with Gasteiger partial charge >= 0.3 is 0 Å². The van der Waals surface area contributed by atoms with Crippen molar-refractivity contribution in [2.45, 2.75) is 63.6 Å². The van der Waals surface area contributed by atoms with E-state index in [2.05, 4.69) is 0 Å².